The molecule has 1 aliphatic carbocycles. The van der Waals surface area contributed by atoms with Gasteiger partial charge < -0.3 is 20.3 Å². The first kappa shape index (κ1) is 21.4. The van der Waals surface area contributed by atoms with Crippen molar-refractivity contribution in [3.05, 3.63) is 65.2 Å². The molecule has 0 atom stereocenters. The number of aromatic hydroxyl groups is 1. The molecular formula is C25H33NO3. The molecule has 156 valence electrons. The predicted octanol–water partition coefficient (Wildman–Crippen LogP) is 4.75. The van der Waals surface area contributed by atoms with Crippen LogP contribution in [0.1, 0.15) is 50.2 Å². The summed E-state index contributed by atoms with van der Waals surface area (Å²) in [4.78, 5) is 0. The summed E-state index contributed by atoms with van der Waals surface area (Å²) in [7, 11) is 1.91. The predicted molar refractivity (Wildman–Crippen MR) is 118 cm³/mol. The fourth-order valence-corrected chi connectivity index (χ4v) is 4.25. The van der Waals surface area contributed by atoms with Gasteiger partial charge in [0.2, 0.25) is 0 Å². The minimum absolute atomic E-state index is 0.157. The lowest BCUT2D eigenvalue weighted by atomic mass is 9.77. The normalized spacial score (nSPS) is 20.2. The van der Waals surface area contributed by atoms with Gasteiger partial charge in [0.1, 0.15) is 18.1 Å². The van der Waals surface area contributed by atoms with Gasteiger partial charge >= 0.3 is 0 Å². The molecule has 0 aliphatic heterocycles. The van der Waals surface area contributed by atoms with Gasteiger partial charge in [-0.3, -0.25) is 0 Å². The summed E-state index contributed by atoms with van der Waals surface area (Å²) in [5.74, 6) is 1.63. The molecule has 0 radical (unpaired) electrons. The Morgan fingerprint density at radius 1 is 0.966 bits per heavy atom. The second-order valence-electron chi connectivity index (χ2n) is 7.78. The number of allylic oxidation sites excluding steroid dienone is 1. The Hall–Kier alpha value is -2.30. The molecule has 2 aromatic rings. The number of hydrogen-bond acceptors (Lipinski definition) is 4. The van der Waals surface area contributed by atoms with E-state index in [-0.39, 0.29) is 11.9 Å². The van der Waals surface area contributed by atoms with Crippen molar-refractivity contribution in [3.8, 4) is 11.5 Å². The lowest BCUT2D eigenvalue weighted by molar-refractivity contribution is 0.115. The highest BCUT2D eigenvalue weighted by Gasteiger charge is 2.25. The Morgan fingerprint density at radius 3 is 2.10 bits per heavy atom. The van der Waals surface area contributed by atoms with Gasteiger partial charge in [-0.1, -0.05) is 36.8 Å². The van der Waals surface area contributed by atoms with E-state index in [1.165, 1.54) is 16.7 Å². The van der Waals surface area contributed by atoms with Crippen molar-refractivity contribution < 1.29 is 14.9 Å². The second kappa shape index (κ2) is 10.5. The summed E-state index contributed by atoms with van der Waals surface area (Å²) in [5.41, 5.74) is 4.97. The molecule has 0 aromatic heterocycles. The summed E-state index contributed by atoms with van der Waals surface area (Å²) in [5, 5.41) is 22.8. The average molecular weight is 396 g/mol. The largest absolute Gasteiger partial charge is 0.508 e. The third kappa shape index (κ3) is 5.62. The van der Waals surface area contributed by atoms with Crippen molar-refractivity contribution in [2.75, 3.05) is 20.2 Å². The molecule has 1 fully saturated rings. The molecule has 3 N–H and O–H groups in total. The van der Waals surface area contributed by atoms with Crippen molar-refractivity contribution in [3.63, 3.8) is 0 Å². The maximum atomic E-state index is 9.94. The molecule has 0 bridgehead atoms. The van der Waals surface area contributed by atoms with Crippen LogP contribution in [0.2, 0.25) is 0 Å². The third-order valence-electron chi connectivity index (χ3n) is 5.81. The monoisotopic (exact) mass is 395 g/mol. The Kier molecular flexibility index (Phi) is 7.73. The zero-order chi connectivity index (χ0) is 20.6. The maximum Gasteiger partial charge on any atom is 0.119 e. The van der Waals surface area contributed by atoms with E-state index in [1.54, 1.807) is 12.1 Å². The van der Waals surface area contributed by atoms with Crippen LogP contribution in [0.4, 0.5) is 0 Å². The minimum Gasteiger partial charge on any atom is -0.508 e. The Labute approximate surface area is 174 Å². The molecular weight excluding hydrogens is 362 g/mol. The van der Waals surface area contributed by atoms with Crippen LogP contribution in [-0.4, -0.2) is 36.5 Å². The first-order valence-corrected chi connectivity index (χ1v) is 10.7. The van der Waals surface area contributed by atoms with E-state index >= 15 is 0 Å². The average Bonchev–Trinajstić information content (AvgIpc) is 2.75. The Bertz CT molecular complexity index is 788. The van der Waals surface area contributed by atoms with Gasteiger partial charge in [0, 0.05) is 6.54 Å². The molecule has 29 heavy (non-hydrogen) atoms. The number of aliphatic hydroxyl groups is 1. The van der Waals surface area contributed by atoms with E-state index in [0.29, 0.717) is 12.5 Å². The zero-order valence-corrected chi connectivity index (χ0v) is 17.5. The van der Waals surface area contributed by atoms with Crippen molar-refractivity contribution >= 4 is 5.57 Å². The van der Waals surface area contributed by atoms with E-state index in [9.17, 15) is 10.2 Å². The summed E-state index contributed by atoms with van der Waals surface area (Å²) in [6.07, 6.45) is 4.60. The van der Waals surface area contributed by atoms with Crippen molar-refractivity contribution in [2.45, 2.75) is 45.1 Å². The highest BCUT2D eigenvalue weighted by Crippen LogP contribution is 2.39. The zero-order valence-electron chi connectivity index (χ0n) is 17.5. The smallest absolute Gasteiger partial charge is 0.119 e. The van der Waals surface area contributed by atoms with E-state index in [4.69, 9.17) is 4.74 Å². The van der Waals surface area contributed by atoms with E-state index < -0.39 is 0 Å². The molecule has 0 unspecified atom stereocenters. The van der Waals surface area contributed by atoms with Crippen molar-refractivity contribution in [1.82, 2.24) is 5.32 Å². The molecule has 0 saturated heterocycles. The fraction of sp³-hybridized carbons (Fsp3) is 0.440. The number of nitrogens with one attached hydrogen (secondary N) is 1. The fourth-order valence-electron chi connectivity index (χ4n) is 4.25. The maximum absolute atomic E-state index is 9.94. The van der Waals surface area contributed by atoms with Gasteiger partial charge in [-0.25, -0.2) is 0 Å². The first-order valence-electron chi connectivity index (χ1n) is 10.7. The molecule has 2 aromatic carbocycles. The Morgan fingerprint density at radius 2 is 1.55 bits per heavy atom. The lowest BCUT2D eigenvalue weighted by Crippen LogP contribution is -2.20. The summed E-state index contributed by atoms with van der Waals surface area (Å²) in [6, 6.07) is 15.8. The van der Waals surface area contributed by atoms with Gasteiger partial charge in [0.05, 0.1) is 6.10 Å². The SMILES string of the molecule is CCC(=C(c1ccc(O)cc1)c1ccc(OCCNC)cc1)C1CCC(O)CC1. The minimum atomic E-state index is -0.157. The quantitative estimate of drug-likeness (QED) is 0.564. The lowest BCUT2D eigenvalue weighted by Gasteiger charge is -2.29. The van der Waals surface area contributed by atoms with E-state index in [1.807, 2.05) is 31.3 Å². The molecule has 0 amide bonds. The molecule has 0 heterocycles. The standard InChI is InChI=1S/C25H33NO3/c1-3-24(18-4-10-21(27)11-5-18)25(19-6-12-22(28)13-7-19)20-8-14-23(15-9-20)29-17-16-26-2/h6-9,12-15,18,21,26-28H,3-5,10-11,16-17H2,1-2H3. The van der Waals surface area contributed by atoms with Crippen LogP contribution < -0.4 is 10.1 Å². The number of phenols is 1. The molecule has 1 saturated carbocycles. The number of aliphatic hydroxyl groups excluding tert-OH is 1. The number of ether oxygens (including phenoxy) is 1. The van der Waals surface area contributed by atoms with Crippen molar-refractivity contribution in [1.29, 1.82) is 0 Å². The molecule has 1 aliphatic rings. The number of benzene rings is 2. The molecule has 4 heteroatoms. The first-order chi connectivity index (χ1) is 14.1. The van der Waals surface area contributed by atoms with E-state index in [2.05, 4.69) is 24.4 Å². The molecule has 4 nitrogen and oxygen atoms in total. The van der Waals surface area contributed by atoms with Crippen LogP contribution in [-0.2, 0) is 0 Å². The Balaban J connectivity index is 1.97. The van der Waals surface area contributed by atoms with Gasteiger partial charge in [-0.2, -0.15) is 0 Å². The van der Waals surface area contributed by atoms with Gasteiger partial charge in [0.15, 0.2) is 0 Å². The van der Waals surface area contributed by atoms with Gasteiger partial charge in [0.25, 0.3) is 0 Å². The van der Waals surface area contributed by atoms with Crippen LogP contribution in [0, 0.1) is 5.92 Å². The summed E-state index contributed by atoms with van der Waals surface area (Å²) in [6.45, 7) is 3.67. The van der Waals surface area contributed by atoms with Crippen LogP contribution in [0.5, 0.6) is 11.5 Å². The molecule has 0 spiro atoms. The van der Waals surface area contributed by atoms with Crippen molar-refractivity contribution in [2.24, 2.45) is 5.92 Å². The van der Waals surface area contributed by atoms with Crippen LogP contribution in [0.25, 0.3) is 5.57 Å². The van der Waals surface area contributed by atoms with E-state index in [0.717, 1.165) is 50.0 Å². The highest BCUT2D eigenvalue weighted by molar-refractivity contribution is 5.82. The van der Waals surface area contributed by atoms with Gasteiger partial charge in [-0.15, -0.1) is 0 Å². The second-order valence-corrected chi connectivity index (χ2v) is 7.78. The van der Waals surface area contributed by atoms with Crippen LogP contribution in [0.15, 0.2) is 54.1 Å². The topological polar surface area (TPSA) is 61.7 Å². The third-order valence-corrected chi connectivity index (χ3v) is 5.81. The van der Waals surface area contributed by atoms with Crippen LogP contribution >= 0.6 is 0 Å². The highest BCUT2D eigenvalue weighted by atomic mass is 16.5. The molecule has 3 rings (SSSR count). The number of hydrogen-bond donors (Lipinski definition) is 3. The number of phenolic OH excluding ortho intramolecular Hbond substituents is 1. The number of likely N-dealkylation sites (N-methyl/N-ethyl adjacent to an activating group) is 1. The number of rotatable bonds is 8. The summed E-state index contributed by atoms with van der Waals surface area (Å²) < 4.78 is 5.78. The van der Waals surface area contributed by atoms with Gasteiger partial charge in [-0.05, 0) is 86.0 Å². The summed E-state index contributed by atoms with van der Waals surface area (Å²) >= 11 is 0. The van der Waals surface area contributed by atoms with Crippen LogP contribution in [0.3, 0.4) is 0 Å².